The molecule has 0 aliphatic carbocycles. The van der Waals surface area contributed by atoms with Crippen molar-refractivity contribution in [1.29, 1.82) is 5.26 Å². The first-order valence-electron chi connectivity index (χ1n) is 7.31. The third kappa shape index (κ3) is 5.33. The summed E-state index contributed by atoms with van der Waals surface area (Å²) in [6.07, 6.45) is 3.13. The summed E-state index contributed by atoms with van der Waals surface area (Å²) >= 11 is 0. The van der Waals surface area contributed by atoms with E-state index in [0.717, 1.165) is 16.7 Å². The summed E-state index contributed by atoms with van der Waals surface area (Å²) in [6, 6.07) is 17.3. The topological polar surface area (TPSA) is 62.1 Å². The van der Waals surface area contributed by atoms with Gasteiger partial charge in [-0.25, -0.2) is 4.79 Å². The fraction of sp³-hybridized carbons (Fsp3) is 0.158. The van der Waals surface area contributed by atoms with E-state index in [4.69, 9.17) is 10.00 Å². The van der Waals surface area contributed by atoms with Crippen LogP contribution in [0.1, 0.15) is 22.3 Å². The van der Waals surface area contributed by atoms with Crippen molar-refractivity contribution < 1.29 is 9.53 Å². The van der Waals surface area contributed by atoms with Crippen molar-refractivity contribution in [1.82, 2.24) is 5.32 Å². The Kier molecular flexibility index (Phi) is 5.96. The van der Waals surface area contributed by atoms with Gasteiger partial charge in [-0.2, -0.15) is 5.26 Å². The molecule has 0 radical (unpaired) electrons. The number of carbonyl (C=O) groups is 1. The third-order valence-corrected chi connectivity index (χ3v) is 3.20. The molecule has 0 bridgehead atoms. The van der Waals surface area contributed by atoms with E-state index in [-0.39, 0.29) is 6.61 Å². The number of ether oxygens (including phenoxy) is 1. The summed E-state index contributed by atoms with van der Waals surface area (Å²) in [4.78, 5) is 11.6. The van der Waals surface area contributed by atoms with Gasteiger partial charge in [0.2, 0.25) is 0 Å². The van der Waals surface area contributed by atoms with E-state index in [9.17, 15) is 4.79 Å². The van der Waals surface area contributed by atoms with E-state index in [1.165, 1.54) is 0 Å². The average Bonchev–Trinajstić information content (AvgIpc) is 2.58. The molecule has 0 fully saturated rings. The molecule has 2 aromatic carbocycles. The van der Waals surface area contributed by atoms with Crippen LogP contribution in [0.5, 0.6) is 0 Å². The maximum atomic E-state index is 11.6. The van der Waals surface area contributed by atoms with Crippen molar-refractivity contribution in [3.05, 3.63) is 76.9 Å². The highest BCUT2D eigenvalue weighted by Crippen LogP contribution is 2.12. The van der Waals surface area contributed by atoms with E-state index in [2.05, 4.69) is 11.4 Å². The first-order chi connectivity index (χ1) is 11.2. The molecule has 1 N–H and O–H groups in total. The molecule has 0 spiro atoms. The summed E-state index contributed by atoms with van der Waals surface area (Å²) in [5.74, 6) is 0. The van der Waals surface area contributed by atoms with Gasteiger partial charge in [0.25, 0.3) is 0 Å². The highest BCUT2D eigenvalue weighted by Gasteiger charge is 2.01. The van der Waals surface area contributed by atoms with Gasteiger partial charge in [-0.1, -0.05) is 54.6 Å². The molecule has 1 amide bonds. The van der Waals surface area contributed by atoms with E-state index in [1.54, 1.807) is 6.08 Å². The minimum Gasteiger partial charge on any atom is -0.445 e. The second-order valence-electron chi connectivity index (χ2n) is 5.05. The SMILES string of the molecule is Cc1ccc(C=CCNC(=O)OCc2ccccc2)c(C#N)c1. The summed E-state index contributed by atoms with van der Waals surface area (Å²) in [5.41, 5.74) is 3.43. The fourth-order valence-corrected chi connectivity index (χ4v) is 2.01. The van der Waals surface area contributed by atoms with Gasteiger partial charge in [0.1, 0.15) is 6.61 Å². The Labute approximate surface area is 136 Å². The summed E-state index contributed by atoms with van der Waals surface area (Å²) in [7, 11) is 0. The molecular formula is C19H18N2O2. The Morgan fingerprint density at radius 1 is 1.26 bits per heavy atom. The molecule has 4 heteroatoms. The molecule has 116 valence electrons. The molecule has 0 heterocycles. The van der Waals surface area contributed by atoms with Gasteiger partial charge in [-0.15, -0.1) is 0 Å². The Morgan fingerprint density at radius 2 is 2.04 bits per heavy atom. The van der Waals surface area contributed by atoms with Crippen molar-refractivity contribution in [2.45, 2.75) is 13.5 Å². The highest BCUT2D eigenvalue weighted by atomic mass is 16.5. The predicted molar refractivity (Wildman–Crippen MR) is 89.6 cm³/mol. The smallest absolute Gasteiger partial charge is 0.407 e. The van der Waals surface area contributed by atoms with Crippen LogP contribution in [0, 0.1) is 18.3 Å². The molecule has 0 aromatic heterocycles. The maximum Gasteiger partial charge on any atom is 0.407 e. The summed E-state index contributed by atoms with van der Waals surface area (Å²) in [5, 5.41) is 11.7. The van der Waals surface area contributed by atoms with E-state index < -0.39 is 6.09 Å². The van der Waals surface area contributed by atoms with Gasteiger partial charge in [0.05, 0.1) is 11.6 Å². The number of alkyl carbamates (subject to hydrolysis) is 1. The number of hydrogen-bond acceptors (Lipinski definition) is 3. The first-order valence-corrected chi connectivity index (χ1v) is 7.31. The lowest BCUT2D eigenvalue weighted by Gasteiger charge is -2.05. The molecule has 0 atom stereocenters. The quantitative estimate of drug-likeness (QED) is 0.913. The van der Waals surface area contributed by atoms with Gasteiger partial charge >= 0.3 is 6.09 Å². The Hall–Kier alpha value is -3.06. The van der Waals surface area contributed by atoms with Crippen LogP contribution in [0.25, 0.3) is 6.08 Å². The van der Waals surface area contributed by atoms with Crippen molar-refractivity contribution in [3.8, 4) is 6.07 Å². The van der Waals surface area contributed by atoms with Crippen LogP contribution in [0.15, 0.2) is 54.6 Å². The molecule has 23 heavy (non-hydrogen) atoms. The first kappa shape index (κ1) is 16.3. The maximum absolute atomic E-state index is 11.6. The Bertz CT molecular complexity index is 731. The van der Waals surface area contributed by atoms with Gasteiger partial charge < -0.3 is 10.1 Å². The number of carbonyl (C=O) groups excluding carboxylic acids is 1. The molecule has 0 unspecified atom stereocenters. The third-order valence-electron chi connectivity index (χ3n) is 3.20. The van der Waals surface area contributed by atoms with Crippen LogP contribution in [0.2, 0.25) is 0 Å². The van der Waals surface area contributed by atoms with Crippen LogP contribution in [-0.4, -0.2) is 12.6 Å². The zero-order chi connectivity index (χ0) is 16.5. The van der Waals surface area contributed by atoms with Crippen molar-refractivity contribution in [3.63, 3.8) is 0 Å². The number of hydrogen-bond donors (Lipinski definition) is 1. The average molecular weight is 306 g/mol. The lowest BCUT2D eigenvalue weighted by molar-refractivity contribution is 0.141. The standard InChI is InChI=1S/C19H18N2O2/c1-15-9-10-17(18(12-15)13-20)8-5-11-21-19(22)23-14-16-6-3-2-4-7-16/h2-10,12H,11,14H2,1H3,(H,21,22). The predicted octanol–water partition coefficient (Wildman–Crippen LogP) is 3.81. The number of nitrogens with one attached hydrogen (secondary N) is 1. The molecule has 4 nitrogen and oxygen atoms in total. The molecular weight excluding hydrogens is 288 g/mol. The minimum atomic E-state index is -0.470. The zero-order valence-electron chi connectivity index (χ0n) is 13.0. The fourth-order valence-electron chi connectivity index (χ4n) is 2.01. The molecule has 0 saturated carbocycles. The number of amides is 1. The van der Waals surface area contributed by atoms with Gasteiger partial charge in [-0.05, 0) is 29.7 Å². The van der Waals surface area contributed by atoms with Crippen LogP contribution < -0.4 is 5.32 Å². The number of nitriles is 1. The molecule has 0 aliphatic rings. The van der Waals surface area contributed by atoms with Crippen LogP contribution in [0.3, 0.4) is 0 Å². The minimum absolute atomic E-state index is 0.243. The van der Waals surface area contributed by atoms with Gasteiger partial charge in [-0.3, -0.25) is 0 Å². The van der Waals surface area contributed by atoms with Crippen LogP contribution in [-0.2, 0) is 11.3 Å². The normalized spacial score (nSPS) is 10.3. The largest absolute Gasteiger partial charge is 0.445 e. The van der Waals surface area contributed by atoms with Crippen molar-refractivity contribution >= 4 is 12.2 Å². The zero-order valence-corrected chi connectivity index (χ0v) is 13.0. The van der Waals surface area contributed by atoms with Crippen molar-refractivity contribution in [2.75, 3.05) is 6.54 Å². The number of aryl methyl sites for hydroxylation is 1. The van der Waals surface area contributed by atoms with Crippen LogP contribution in [0.4, 0.5) is 4.79 Å². The Balaban J connectivity index is 1.78. The lowest BCUT2D eigenvalue weighted by Crippen LogP contribution is -2.24. The molecule has 0 aliphatic heterocycles. The highest BCUT2D eigenvalue weighted by molar-refractivity contribution is 5.68. The number of nitrogens with zero attached hydrogens (tertiary/aromatic N) is 1. The van der Waals surface area contributed by atoms with Gasteiger partial charge in [0.15, 0.2) is 0 Å². The number of rotatable bonds is 5. The Morgan fingerprint density at radius 3 is 2.78 bits per heavy atom. The summed E-state index contributed by atoms with van der Waals surface area (Å²) in [6.45, 7) is 2.53. The van der Waals surface area contributed by atoms with E-state index in [0.29, 0.717) is 12.1 Å². The van der Waals surface area contributed by atoms with E-state index >= 15 is 0 Å². The molecule has 2 rings (SSSR count). The lowest BCUT2D eigenvalue weighted by atomic mass is 10.1. The summed E-state index contributed by atoms with van der Waals surface area (Å²) < 4.78 is 5.10. The van der Waals surface area contributed by atoms with Gasteiger partial charge in [0, 0.05) is 6.54 Å². The second-order valence-corrected chi connectivity index (χ2v) is 5.05. The van der Waals surface area contributed by atoms with Crippen LogP contribution >= 0.6 is 0 Å². The molecule has 2 aromatic rings. The van der Waals surface area contributed by atoms with Crippen molar-refractivity contribution in [2.24, 2.45) is 0 Å². The number of benzene rings is 2. The van der Waals surface area contributed by atoms with E-state index in [1.807, 2.05) is 61.5 Å². The monoisotopic (exact) mass is 306 g/mol. The molecule has 0 saturated heterocycles. The second kappa shape index (κ2) is 8.40.